The Hall–Kier alpha value is -1.02. The predicted molar refractivity (Wildman–Crippen MR) is 85.4 cm³/mol. The second kappa shape index (κ2) is 5.77. The van der Waals surface area contributed by atoms with Crippen LogP contribution in [0.4, 0.5) is 0 Å². The Kier molecular flexibility index (Phi) is 4.02. The van der Waals surface area contributed by atoms with Crippen molar-refractivity contribution in [2.75, 3.05) is 5.88 Å². The highest BCUT2D eigenvalue weighted by molar-refractivity contribution is 6.17. The lowest BCUT2D eigenvalue weighted by molar-refractivity contribution is 0.363. The van der Waals surface area contributed by atoms with Crippen LogP contribution in [0.3, 0.4) is 0 Å². The summed E-state index contributed by atoms with van der Waals surface area (Å²) in [6.45, 7) is 5.68. The number of para-hydroxylation sites is 1. The second-order valence-corrected chi connectivity index (χ2v) is 6.57. The molecule has 1 fully saturated rings. The van der Waals surface area contributed by atoms with Gasteiger partial charge in [-0.2, -0.15) is 0 Å². The summed E-state index contributed by atoms with van der Waals surface area (Å²) in [5, 5.41) is 0. The molecule has 1 aromatic heterocycles. The molecule has 2 nitrogen and oxygen atoms in total. The lowest BCUT2D eigenvalue weighted by Gasteiger charge is -2.19. The molecule has 1 aliphatic rings. The minimum absolute atomic E-state index is 0.641. The standard InChI is InChI=1S/C17H23ClN2/c1-12-5-3-7-14(12)11-20-16(9-10-18)19-15-8-4-6-13(2)17(15)20/h4,6,8,12,14H,3,5,7,9-11H2,1-2H3. The van der Waals surface area contributed by atoms with Gasteiger partial charge in [-0.15, -0.1) is 11.6 Å². The Labute approximate surface area is 126 Å². The fourth-order valence-corrected chi connectivity index (χ4v) is 3.78. The van der Waals surface area contributed by atoms with Crippen molar-refractivity contribution < 1.29 is 0 Å². The minimum atomic E-state index is 0.641. The maximum absolute atomic E-state index is 5.97. The monoisotopic (exact) mass is 290 g/mol. The van der Waals surface area contributed by atoms with Gasteiger partial charge in [0, 0.05) is 18.8 Å². The first-order valence-corrected chi connectivity index (χ1v) is 8.25. The Bertz CT molecular complexity index is 602. The van der Waals surface area contributed by atoms with Crippen molar-refractivity contribution in [2.45, 2.75) is 46.1 Å². The fraction of sp³-hybridized carbons (Fsp3) is 0.588. The largest absolute Gasteiger partial charge is 0.327 e. The fourth-order valence-electron chi connectivity index (χ4n) is 3.61. The van der Waals surface area contributed by atoms with E-state index >= 15 is 0 Å². The number of hydrogen-bond acceptors (Lipinski definition) is 1. The highest BCUT2D eigenvalue weighted by atomic mass is 35.5. The van der Waals surface area contributed by atoms with Gasteiger partial charge in [0.05, 0.1) is 11.0 Å². The SMILES string of the molecule is Cc1cccc2nc(CCCl)n(CC3CCCC3C)c12. The summed E-state index contributed by atoms with van der Waals surface area (Å²) in [6, 6.07) is 6.40. The van der Waals surface area contributed by atoms with E-state index in [4.69, 9.17) is 16.6 Å². The van der Waals surface area contributed by atoms with Crippen LogP contribution in [-0.4, -0.2) is 15.4 Å². The first-order valence-electron chi connectivity index (χ1n) is 7.71. The molecule has 0 saturated heterocycles. The molecule has 1 aliphatic carbocycles. The predicted octanol–water partition coefficient (Wildman–Crippen LogP) is 4.56. The molecule has 0 aliphatic heterocycles. The van der Waals surface area contributed by atoms with E-state index in [9.17, 15) is 0 Å². The van der Waals surface area contributed by atoms with Crippen LogP contribution in [0, 0.1) is 18.8 Å². The van der Waals surface area contributed by atoms with Gasteiger partial charge in [0.15, 0.2) is 0 Å². The van der Waals surface area contributed by atoms with Gasteiger partial charge in [-0.1, -0.05) is 31.9 Å². The Balaban J connectivity index is 2.03. The smallest absolute Gasteiger partial charge is 0.111 e. The Morgan fingerprint density at radius 3 is 2.90 bits per heavy atom. The number of benzene rings is 1. The Morgan fingerprint density at radius 1 is 1.35 bits per heavy atom. The average Bonchev–Trinajstić information content (AvgIpc) is 2.97. The van der Waals surface area contributed by atoms with Crippen LogP contribution in [0.25, 0.3) is 11.0 Å². The number of rotatable bonds is 4. The number of nitrogens with zero attached hydrogens (tertiary/aromatic N) is 2. The number of hydrogen-bond donors (Lipinski definition) is 0. The molecular formula is C17H23ClN2. The topological polar surface area (TPSA) is 17.8 Å². The molecule has 0 amide bonds. The van der Waals surface area contributed by atoms with E-state index < -0.39 is 0 Å². The lowest BCUT2D eigenvalue weighted by atomic mass is 9.98. The summed E-state index contributed by atoms with van der Waals surface area (Å²) in [6.07, 6.45) is 4.97. The van der Waals surface area contributed by atoms with Crippen LogP contribution in [0.1, 0.15) is 37.6 Å². The summed E-state index contributed by atoms with van der Waals surface area (Å²) in [7, 11) is 0. The van der Waals surface area contributed by atoms with E-state index in [2.05, 4.69) is 36.6 Å². The zero-order valence-corrected chi connectivity index (χ0v) is 13.2. The maximum atomic E-state index is 5.97. The van der Waals surface area contributed by atoms with Crippen molar-refractivity contribution in [3.63, 3.8) is 0 Å². The van der Waals surface area contributed by atoms with Crippen molar-refractivity contribution in [3.8, 4) is 0 Å². The van der Waals surface area contributed by atoms with Crippen LogP contribution in [0.15, 0.2) is 18.2 Å². The Morgan fingerprint density at radius 2 is 2.20 bits per heavy atom. The van der Waals surface area contributed by atoms with Crippen molar-refractivity contribution >= 4 is 22.6 Å². The van der Waals surface area contributed by atoms with Gasteiger partial charge in [-0.05, 0) is 36.8 Å². The van der Waals surface area contributed by atoms with E-state index in [-0.39, 0.29) is 0 Å². The molecule has 1 heterocycles. The number of halogens is 1. The molecule has 3 heteroatoms. The van der Waals surface area contributed by atoms with Crippen molar-refractivity contribution in [2.24, 2.45) is 11.8 Å². The maximum Gasteiger partial charge on any atom is 0.111 e. The van der Waals surface area contributed by atoms with Gasteiger partial charge in [-0.3, -0.25) is 0 Å². The van der Waals surface area contributed by atoms with Crippen LogP contribution in [-0.2, 0) is 13.0 Å². The van der Waals surface area contributed by atoms with E-state index in [1.807, 2.05) is 0 Å². The molecule has 20 heavy (non-hydrogen) atoms. The second-order valence-electron chi connectivity index (χ2n) is 6.19. The normalized spacial score (nSPS) is 22.8. The third-order valence-electron chi connectivity index (χ3n) is 4.82. The first-order chi connectivity index (χ1) is 9.70. The molecule has 2 aromatic rings. The van der Waals surface area contributed by atoms with Gasteiger partial charge in [0.1, 0.15) is 5.82 Å². The van der Waals surface area contributed by atoms with Gasteiger partial charge in [-0.25, -0.2) is 4.98 Å². The zero-order chi connectivity index (χ0) is 14.1. The molecule has 1 saturated carbocycles. The molecule has 0 bridgehead atoms. The van der Waals surface area contributed by atoms with Gasteiger partial charge in [0.25, 0.3) is 0 Å². The van der Waals surface area contributed by atoms with E-state index in [1.165, 1.54) is 30.3 Å². The molecule has 3 rings (SSSR count). The lowest BCUT2D eigenvalue weighted by Crippen LogP contribution is -2.16. The molecule has 108 valence electrons. The number of imidazole rings is 1. The van der Waals surface area contributed by atoms with Crippen molar-refractivity contribution in [1.29, 1.82) is 0 Å². The van der Waals surface area contributed by atoms with E-state index in [1.54, 1.807) is 0 Å². The third-order valence-corrected chi connectivity index (χ3v) is 5.01. The van der Waals surface area contributed by atoms with Gasteiger partial charge >= 0.3 is 0 Å². The van der Waals surface area contributed by atoms with Crippen LogP contribution in [0.5, 0.6) is 0 Å². The van der Waals surface area contributed by atoms with Crippen molar-refractivity contribution in [1.82, 2.24) is 9.55 Å². The number of aromatic nitrogens is 2. The zero-order valence-electron chi connectivity index (χ0n) is 12.4. The van der Waals surface area contributed by atoms with Gasteiger partial charge in [0.2, 0.25) is 0 Å². The first kappa shape index (κ1) is 13.9. The van der Waals surface area contributed by atoms with E-state index in [0.29, 0.717) is 5.88 Å². The highest BCUT2D eigenvalue weighted by Gasteiger charge is 2.25. The minimum Gasteiger partial charge on any atom is -0.327 e. The van der Waals surface area contributed by atoms with Crippen LogP contribution >= 0.6 is 11.6 Å². The van der Waals surface area contributed by atoms with Crippen LogP contribution in [0.2, 0.25) is 0 Å². The number of alkyl halides is 1. The summed E-state index contributed by atoms with van der Waals surface area (Å²) in [4.78, 5) is 4.81. The summed E-state index contributed by atoms with van der Waals surface area (Å²) < 4.78 is 2.44. The molecule has 0 spiro atoms. The van der Waals surface area contributed by atoms with Crippen LogP contribution < -0.4 is 0 Å². The summed E-state index contributed by atoms with van der Waals surface area (Å²) in [5.74, 6) is 3.42. The average molecular weight is 291 g/mol. The van der Waals surface area contributed by atoms with Crippen molar-refractivity contribution in [3.05, 3.63) is 29.6 Å². The molecular weight excluding hydrogens is 268 g/mol. The third kappa shape index (κ3) is 2.46. The number of aryl methyl sites for hydroxylation is 2. The molecule has 0 N–H and O–H groups in total. The number of fused-ring (bicyclic) bond motifs is 1. The molecule has 1 aromatic carbocycles. The molecule has 0 radical (unpaired) electrons. The highest BCUT2D eigenvalue weighted by Crippen LogP contribution is 2.34. The van der Waals surface area contributed by atoms with Gasteiger partial charge < -0.3 is 4.57 Å². The summed E-state index contributed by atoms with van der Waals surface area (Å²) >= 11 is 5.97. The van der Waals surface area contributed by atoms with E-state index in [0.717, 1.165) is 36.1 Å². The molecule has 2 atom stereocenters. The quantitative estimate of drug-likeness (QED) is 0.755. The summed E-state index contributed by atoms with van der Waals surface area (Å²) in [5.41, 5.74) is 3.75. The molecule has 2 unspecified atom stereocenters.